The highest BCUT2D eigenvalue weighted by molar-refractivity contribution is 6.04. The molecule has 0 spiro atoms. The van der Waals surface area contributed by atoms with Gasteiger partial charge in [-0.1, -0.05) is 0 Å². The van der Waals surface area contributed by atoms with Crippen LogP contribution in [0.3, 0.4) is 0 Å². The summed E-state index contributed by atoms with van der Waals surface area (Å²) in [4.78, 5) is 12.8. The van der Waals surface area contributed by atoms with Crippen molar-refractivity contribution in [2.45, 2.75) is 32.1 Å². The molecule has 0 aromatic heterocycles. The number of benzene rings is 1. The van der Waals surface area contributed by atoms with E-state index in [-0.39, 0.29) is 18.0 Å². The number of hydrogen-bond acceptors (Lipinski definition) is 3. The fraction of sp³-hybridized carbons (Fsp3) is 0.467. The third-order valence-corrected chi connectivity index (χ3v) is 3.93. The Morgan fingerprint density at radius 2 is 1.71 bits per heavy atom. The van der Waals surface area contributed by atoms with E-state index >= 15 is 0 Å². The highest BCUT2D eigenvalue weighted by Crippen LogP contribution is 2.28. The third-order valence-electron chi connectivity index (χ3n) is 3.93. The molecule has 112 valence electrons. The topological polar surface area (TPSA) is 44.7 Å². The summed E-state index contributed by atoms with van der Waals surface area (Å²) in [5, 5.41) is 3.88. The highest BCUT2D eigenvalue weighted by Gasteiger charge is 2.22. The summed E-state index contributed by atoms with van der Waals surface area (Å²) in [5.74, 6) is -1.30. The van der Waals surface area contributed by atoms with E-state index < -0.39 is 11.6 Å². The summed E-state index contributed by atoms with van der Waals surface area (Å²) in [6, 6.07) is 2.62. The average Bonchev–Trinajstić information content (AvgIpc) is 2.48. The summed E-state index contributed by atoms with van der Waals surface area (Å²) in [5.41, 5.74) is 3.30. The normalized spacial score (nSPS) is 19.2. The molecule has 0 aliphatic carbocycles. The molecule has 1 fully saturated rings. The van der Waals surface area contributed by atoms with Crippen LogP contribution in [0.2, 0.25) is 0 Å². The molecule has 1 amide bonds. The van der Waals surface area contributed by atoms with E-state index in [0.29, 0.717) is 30.8 Å². The first-order chi connectivity index (χ1) is 10.1. The summed E-state index contributed by atoms with van der Waals surface area (Å²) in [7, 11) is 0. The van der Waals surface area contributed by atoms with Crippen LogP contribution in [-0.2, 0) is 4.79 Å². The van der Waals surface area contributed by atoms with Crippen LogP contribution in [0.5, 0.6) is 0 Å². The number of piperidine rings is 1. The Morgan fingerprint density at radius 3 is 2.29 bits per heavy atom. The smallest absolute Gasteiger partial charge is 0.240 e. The molecule has 0 radical (unpaired) electrons. The Morgan fingerprint density at radius 1 is 1.05 bits per heavy atom. The van der Waals surface area contributed by atoms with Crippen LogP contribution in [0.1, 0.15) is 37.7 Å². The summed E-state index contributed by atoms with van der Waals surface area (Å²) in [6.07, 6.45) is 3.71. The lowest BCUT2D eigenvalue weighted by atomic mass is 10.0. The minimum Gasteiger partial charge on any atom is -0.367 e. The predicted octanol–water partition coefficient (Wildman–Crippen LogP) is 2.57. The van der Waals surface area contributed by atoms with E-state index in [1.54, 1.807) is 4.90 Å². The molecule has 21 heavy (non-hydrogen) atoms. The Labute approximate surface area is 121 Å². The van der Waals surface area contributed by atoms with E-state index in [1.807, 2.05) is 0 Å². The Bertz CT molecular complexity index is 572. The number of anilines is 1. The molecule has 1 aromatic rings. The lowest BCUT2D eigenvalue weighted by molar-refractivity contribution is -0.121. The van der Waals surface area contributed by atoms with E-state index in [0.717, 1.165) is 19.3 Å². The van der Waals surface area contributed by atoms with Crippen molar-refractivity contribution in [2.24, 2.45) is 5.10 Å². The van der Waals surface area contributed by atoms with Crippen molar-refractivity contribution in [2.75, 3.05) is 18.0 Å². The first-order valence-corrected chi connectivity index (χ1v) is 7.25. The highest BCUT2D eigenvalue weighted by atomic mass is 19.1. The molecular weight excluding hydrogens is 276 g/mol. The molecule has 1 aromatic carbocycles. The lowest BCUT2D eigenvalue weighted by Crippen LogP contribution is -2.31. The average molecular weight is 293 g/mol. The number of hydrogen-bond donors (Lipinski definition) is 1. The number of amides is 1. The van der Waals surface area contributed by atoms with Crippen LogP contribution in [0.15, 0.2) is 17.2 Å². The van der Waals surface area contributed by atoms with Gasteiger partial charge in [-0.2, -0.15) is 5.10 Å². The van der Waals surface area contributed by atoms with Crippen LogP contribution < -0.4 is 10.3 Å². The van der Waals surface area contributed by atoms with E-state index in [1.165, 1.54) is 12.1 Å². The molecule has 6 heteroatoms. The zero-order valence-corrected chi connectivity index (χ0v) is 11.7. The van der Waals surface area contributed by atoms with Crippen molar-refractivity contribution in [3.8, 4) is 0 Å². The van der Waals surface area contributed by atoms with Crippen LogP contribution in [0.4, 0.5) is 14.5 Å². The maximum Gasteiger partial charge on any atom is 0.240 e. The minimum absolute atomic E-state index is 0.0545. The van der Waals surface area contributed by atoms with E-state index in [4.69, 9.17) is 0 Å². The molecule has 0 unspecified atom stereocenters. The van der Waals surface area contributed by atoms with Gasteiger partial charge in [0.2, 0.25) is 5.91 Å². The fourth-order valence-electron chi connectivity index (χ4n) is 2.83. The van der Waals surface area contributed by atoms with Gasteiger partial charge in [-0.15, -0.1) is 0 Å². The van der Waals surface area contributed by atoms with Gasteiger partial charge < -0.3 is 4.90 Å². The van der Waals surface area contributed by atoms with Crippen molar-refractivity contribution >= 4 is 17.3 Å². The molecule has 1 N–H and O–H groups in total. The molecule has 0 atom stereocenters. The van der Waals surface area contributed by atoms with Gasteiger partial charge in [0.1, 0.15) is 17.3 Å². The van der Waals surface area contributed by atoms with Gasteiger partial charge in [0.15, 0.2) is 0 Å². The Hall–Kier alpha value is -1.98. The first-order valence-electron chi connectivity index (χ1n) is 7.25. The zero-order valence-electron chi connectivity index (χ0n) is 11.7. The van der Waals surface area contributed by atoms with Crippen LogP contribution in [-0.4, -0.2) is 24.7 Å². The first kappa shape index (κ1) is 14.0. The number of nitrogens with zero attached hydrogens (tertiary/aromatic N) is 2. The number of carbonyl (C=O) groups is 1. The Kier molecular flexibility index (Phi) is 3.86. The van der Waals surface area contributed by atoms with Crippen molar-refractivity contribution < 1.29 is 13.6 Å². The van der Waals surface area contributed by atoms with Crippen LogP contribution >= 0.6 is 0 Å². The molecular formula is C15H17F2N3O. The quantitative estimate of drug-likeness (QED) is 0.911. The van der Waals surface area contributed by atoms with Gasteiger partial charge in [-0.05, 0) is 31.4 Å². The molecule has 0 saturated carbocycles. The predicted molar refractivity (Wildman–Crippen MR) is 76.3 cm³/mol. The van der Waals surface area contributed by atoms with Crippen LogP contribution in [0, 0.1) is 11.6 Å². The second-order valence-electron chi connectivity index (χ2n) is 5.43. The van der Waals surface area contributed by atoms with Gasteiger partial charge in [0.05, 0.1) is 5.71 Å². The van der Waals surface area contributed by atoms with Crippen LogP contribution in [0.25, 0.3) is 0 Å². The number of carbonyl (C=O) groups excluding carboxylic acids is 1. The van der Waals surface area contributed by atoms with Gasteiger partial charge in [0, 0.05) is 31.5 Å². The molecule has 2 aliphatic heterocycles. The number of rotatable bonds is 2. The van der Waals surface area contributed by atoms with E-state index in [9.17, 15) is 13.6 Å². The second-order valence-corrected chi connectivity index (χ2v) is 5.43. The third kappa shape index (κ3) is 2.89. The largest absolute Gasteiger partial charge is 0.367 e. The summed E-state index contributed by atoms with van der Waals surface area (Å²) >= 11 is 0. The van der Waals surface area contributed by atoms with Gasteiger partial charge in [0.25, 0.3) is 0 Å². The number of halogens is 2. The molecule has 2 aliphatic rings. The van der Waals surface area contributed by atoms with Crippen molar-refractivity contribution in [1.82, 2.24) is 5.43 Å². The summed E-state index contributed by atoms with van der Waals surface area (Å²) in [6.45, 7) is 1.37. The monoisotopic (exact) mass is 293 g/mol. The SMILES string of the molecule is O=C1CCC(c2cc(F)c(N3CCCCC3)c(F)c2)=NN1. The van der Waals surface area contributed by atoms with E-state index in [2.05, 4.69) is 10.5 Å². The molecule has 2 heterocycles. The molecule has 3 rings (SSSR count). The molecule has 0 bridgehead atoms. The van der Waals surface area contributed by atoms with Crippen molar-refractivity contribution in [3.05, 3.63) is 29.3 Å². The van der Waals surface area contributed by atoms with Gasteiger partial charge in [-0.25, -0.2) is 14.2 Å². The second kappa shape index (κ2) is 5.79. The zero-order chi connectivity index (χ0) is 14.8. The number of hydrazone groups is 1. The maximum atomic E-state index is 14.3. The van der Waals surface area contributed by atoms with Crippen molar-refractivity contribution in [1.29, 1.82) is 0 Å². The lowest BCUT2D eigenvalue weighted by Gasteiger charge is -2.29. The van der Waals surface area contributed by atoms with Gasteiger partial charge >= 0.3 is 0 Å². The van der Waals surface area contributed by atoms with Gasteiger partial charge in [-0.3, -0.25) is 4.79 Å². The standard InChI is InChI=1S/C15H17F2N3O/c16-11-8-10(13-4-5-14(21)19-18-13)9-12(17)15(11)20-6-2-1-3-7-20/h8-9H,1-7H2,(H,19,21). The summed E-state index contributed by atoms with van der Waals surface area (Å²) < 4.78 is 28.6. The van der Waals surface area contributed by atoms with Crippen molar-refractivity contribution in [3.63, 3.8) is 0 Å². The maximum absolute atomic E-state index is 14.3. The number of nitrogens with one attached hydrogen (secondary N) is 1. The Balaban J connectivity index is 1.90. The molecule has 1 saturated heterocycles. The molecule has 4 nitrogen and oxygen atoms in total. The fourth-order valence-corrected chi connectivity index (χ4v) is 2.83. The minimum atomic E-state index is -0.563.